The number of likely N-dealkylation sites (tertiary alicyclic amines) is 1. The largest absolute Gasteiger partial charge is 0.493 e. The zero-order valence-electron chi connectivity index (χ0n) is 21.5. The highest BCUT2D eigenvalue weighted by Crippen LogP contribution is 2.37. The number of rotatable bonds is 9. The zero-order chi connectivity index (χ0) is 25.0. The highest BCUT2D eigenvalue weighted by molar-refractivity contribution is 5.97. The highest BCUT2D eigenvalue weighted by atomic mass is 16.5. The van der Waals surface area contributed by atoms with Gasteiger partial charge in [-0.2, -0.15) is 0 Å². The molecule has 0 saturated carbocycles. The van der Waals surface area contributed by atoms with Crippen molar-refractivity contribution in [2.45, 2.75) is 38.1 Å². The second-order valence-electron chi connectivity index (χ2n) is 9.97. The smallest absolute Gasteiger partial charge is 0.164 e. The van der Waals surface area contributed by atoms with Gasteiger partial charge in [0.05, 0.1) is 31.9 Å². The predicted molar refractivity (Wildman–Crippen MR) is 147 cm³/mol. The average Bonchev–Trinajstić information content (AvgIpc) is 3.61. The fourth-order valence-electron chi connectivity index (χ4n) is 5.42. The Hall–Kier alpha value is -3.36. The Kier molecular flexibility index (Phi) is 7.10. The molecule has 1 unspecified atom stereocenters. The van der Waals surface area contributed by atoms with Crippen molar-refractivity contribution in [2.24, 2.45) is 0 Å². The Balaban J connectivity index is 1.35. The maximum absolute atomic E-state index is 6.23. The van der Waals surface area contributed by atoms with E-state index >= 15 is 0 Å². The third kappa shape index (κ3) is 5.22. The number of benzene rings is 2. The first kappa shape index (κ1) is 24.0. The summed E-state index contributed by atoms with van der Waals surface area (Å²) >= 11 is 0. The van der Waals surface area contributed by atoms with Crippen LogP contribution >= 0.6 is 0 Å². The van der Waals surface area contributed by atoms with E-state index in [4.69, 9.17) is 24.2 Å². The first-order valence-electron chi connectivity index (χ1n) is 13.4. The molecule has 0 aliphatic carbocycles. The van der Waals surface area contributed by atoms with Crippen molar-refractivity contribution in [2.75, 3.05) is 51.9 Å². The molecule has 1 atom stereocenters. The Morgan fingerprint density at radius 3 is 2.81 bits per heavy atom. The van der Waals surface area contributed by atoms with E-state index in [-0.39, 0.29) is 6.04 Å². The van der Waals surface area contributed by atoms with Crippen LogP contribution in [-0.4, -0.2) is 72.5 Å². The molecular weight excluding hydrogens is 466 g/mol. The lowest BCUT2D eigenvalue weighted by Crippen LogP contribution is -2.30. The molecule has 2 saturated heterocycles. The fourth-order valence-corrected chi connectivity index (χ4v) is 5.42. The number of H-pyrrole nitrogens is 1. The first-order valence-corrected chi connectivity index (χ1v) is 13.4. The zero-order valence-corrected chi connectivity index (χ0v) is 21.5. The van der Waals surface area contributed by atoms with E-state index < -0.39 is 0 Å². The molecule has 2 aromatic carbocycles. The second-order valence-corrected chi connectivity index (χ2v) is 9.97. The number of fused-ring (bicyclic) bond motifs is 2. The molecule has 6 rings (SSSR count). The van der Waals surface area contributed by atoms with E-state index in [0.717, 1.165) is 65.6 Å². The molecule has 8 heteroatoms. The van der Waals surface area contributed by atoms with Gasteiger partial charge in [0.15, 0.2) is 17.3 Å². The summed E-state index contributed by atoms with van der Waals surface area (Å²) in [6, 6.07) is 12.4. The minimum absolute atomic E-state index is 0.204. The van der Waals surface area contributed by atoms with Crippen LogP contribution in [-0.2, 0) is 4.74 Å². The van der Waals surface area contributed by atoms with Gasteiger partial charge in [-0.25, -0.2) is 9.97 Å². The number of para-hydroxylation sites is 1. The standard InChI is InChI=1S/C29H35N5O3/c1-35-26-16-22-25(17-27(26)37-15-7-13-34-11-4-5-12-34)32-29(23-18-30-24-10-3-2-9-21(23)24)33-28(22)31-20-8-6-14-36-19-20/h2-3,9-10,16-18,20,30H,4-8,11-15,19H2,1H3,(H,31,32,33). The molecule has 2 aliphatic heterocycles. The van der Waals surface area contributed by atoms with Crippen LogP contribution in [0.4, 0.5) is 5.82 Å². The molecule has 37 heavy (non-hydrogen) atoms. The molecule has 0 amide bonds. The topological polar surface area (TPSA) is 84.5 Å². The quantitative estimate of drug-likeness (QED) is 0.303. The molecular formula is C29H35N5O3. The van der Waals surface area contributed by atoms with Gasteiger partial charge in [0.25, 0.3) is 0 Å². The summed E-state index contributed by atoms with van der Waals surface area (Å²) < 4.78 is 17.7. The molecule has 2 fully saturated rings. The van der Waals surface area contributed by atoms with E-state index in [9.17, 15) is 0 Å². The second kappa shape index (κ2) is 10.9. The normalized spacial score (nSPS) is 18.5. The van der Waals surface area contributed by atoms with Crippen LogP contribution in [0.15, 0.2) is 42.6 Å². The first-order chi connectivity index (χ1) is 18.3. The number of hydrogen-bond donors (Lipinski definition) is 2. The summed E-state index contributed by atoms with van der Waals surface area (Å²) in [5.41, 5.74) is 2.86. The Bertz CT molecular complexity index is 1360. The molecule has 0 radical (unpaired) electrons. The number of anilines is 1. The average molecular weight is 502 g/mol. The lowest BCUT2D eigenvalue weighted by molar-refractivity contribution is 0.0875. The Labute approximate surface area is 217 Å². The minimum Gasteiger partial charge on any atom is -0.493 e. The number of ether oxygens (including phenoxy) is 3. The van der Waals surface area contributed by atoms with Crippen LogP contribution in [0.25, 0.3) is 33.2 Å². The van der Waals surface area contributed by atoms with Crippen molar-refractivity contribution in [1.29, 1.82) is 0 Å². The van der Waals surface area contributed by atoms with Gasteiger partial charge in [-0.1, -0.05) is 18.2 Å². The summed E-state index contributed by atoms with van der Waals surface area (Å²) in [5.74, 6) is 2.88. The van der Waals surface area contributed by atoms with E-state index in [1.54, 1.807) is 7.11 Å². The van der Waals surface area contributed by atoms with Crippen LogP contribution in [0.1, 0.15) is 32.1 Å². The lowest BCUT2D eigenvalue weighted by Gasteiger charge is -2.24. The summed E-state index contributed by atoms with van der Waals surface area (Å²) in [6.07, 6.45) is 7.67. The van der Waals surface area contributed by atoms with E-state index in [1.165, 1.54) is 25.9 Å². The molecule has 2 aromatic heterocycles. The van der Waals surface area contributed by atoms with Crippen LogP contribution in [0.5, 0.6) is 11.5 Å². The molecule has 4 heterocycles. The van der Waals surface area contributed by atoms with Gasteiger partial charge in [-0.15, -0.1) is 0 Å². The van der Waals surface area contributed by atoms with Crippen LogP contribution in [0, 0.1) is 0 Å². The van der Waals surface area contributed by atoms with Crippen LogP contribution < -0.4 is 14.8 Å². The third-order valence-electron chi connectivity index (χ3n) is 7.39. The number of nitrogens with zero attached hydrogens (tertiary/aromatic N) is 3. The maximum Gasteiger partial charge on any atom is 0.164 e. The predicted octanol–water partition coefficient (Wildman–Crippen LogP) is 5.24. The van der Waals surface area contributed by atoms with Crippen molar-refractivity contribution in [3.8, 4) is 22.9 Å². The van der Waals surface area contributed by atoms with E-state index in [1.807, 2.05) is 30.5 Å². The third-order valence-corrected chi connectivity index (χ3v) is 7.39. The Morgan fingerprint density at radius 2 is 1.97 bits per heavy atom. The SMILES string of the molecule is COc1cc2c(NC3CCCOC3)nc(-c3c[nH]c4ccccc34)nc2cc1OCCCN1CCCC1. The van der Waals surface area contributed by atoms with Gasteiger partial charge in [0, 0.05) is 47.3 Å². The number of methoxy groups -OCH3 is 1. The van der Waals surface area contributed by atoms with Gasteiger partial charge >= 0.3 is 0 Å². The highest BCUT2D eigenvalue weighted by Gasteiger charge is 2.20. The molecule has 0 spiro atoms. The fraction of sp³-hybridized carbons (Fsp3) is 0.448. The lowest BCUT2D eigenvalue weighted by atomic mass is 10.1. The van der Waals surface area contributed by atoms with Crippen molar-refractivity contribution in [1.82, 2.24) is 19.9 Å². The summed E-state index contributed by atoms with van der Waals surface area (Å²) in [5, 5.41) is 5.65. The summed E-state index contributed by atoms with van der Waals surface area (Å²) in [6.45, 7) is 5.60. The minimum atomic E-state index is 0.204. The van der Waals surface area contributed by atoms with E-state index in [2.05, 4.69) is 27.3 Å². The monoisotopic (exact) mass is 501 g/mol. The molecule has 194 valence electrons. The number of nitrogens with one attached hydrogen (secondary N) is 2. The number of hydrogen-bond acceptors (Lipinski definition) is 7. The summed E-state index contributed by atoms with van der Waals surface area (Å²) in [7, 11) is 1.68. The van der Waals surface area contributed by atoms with Gasteiger partial charge in [-0.3, -0.25) is 0 Å². The molecule has 2 N–H and O–H groups in total. The Morgan fingerprint density at radius 1 is 1.08 bits per heavy atom. The molecule has 2 aliphatic rings. The summed E-state index contributed by atoms with van der Waals surface area (Å²) in [4.78, 5) is 15.9. The van der Waals surface area contributed by atoms with Crippen LogP contribution in [0.3, 0.4) is 0 Å². The van der Waals surface area contributed by atoms with Crippen molar-refractivity contribution < 1.29 is 14.2 Å². The maximum atomic E-state index is 6.23. The van der Waals surface area contributed by atoms with Crippen molar-refractivity contribution in [3.63, 3.8) is 0 Å². The molecule has 8 nitrogen and oxygen atoms in total. The number of aromatic amines is 1. The van der Waals surface area contributed by atoms with Crippen molar-refractivity contribution >= 4 is 27.6 Å². The van der Waals surface area contributed by atoms with Crippen LogP contribution in [0.2, 0.25) is 0 Å². The molecule has 4 aromatic rings. The van der Waals surface area contributed by atoms with E-state index in [0.29, 0.717) is 30.5 Å². The number of aromatic nitrogens is 3. The van der Waals surface area contributed by atoms with Gasteiger partial charge in [-0.05, 0) is 57.3 Å². The molecule has 0 bridgehead atoms. The van der Waals surface area contributed by atoms with Crippen molar-refractivity contribution in [3.05, 3.63) is 42.6 Å². The van der Waals surface area contributed by atoms with Gasteiger partial charge in [0.2, 0.25) is 0 Å². The van der Waals surface area contributed by atoms with Gasteiger partial charge in [0.1, 0.15) is 5.82 Å². The van der Waals surface area contributed by atoms with Gasteiger partial charge < -0.3 is 29.4 Å².